The van der Waals surface area contributed by atoms with E-state index in [-0.39, 0.29) is 16.2 Å². The van der Waals surface area contributed by atoms with E-state index < -0.39 is 0 Å². The molecule has 0 atom stereocenters. The average Bonchev–Trinajstić information content (AvgIpc) is 1.51. The molecule has 0 aliphatic heterocycles. The highest BCUT2D eigenvalue weighted by molar-refractivity contribution is 7.25. The van der Waals surface area contributed by atoms with Crippen LogP contribution in [0.5, 0.6) is 0 Å². The minimum Gasteiger partial charge on any atom is -0.310 e. The SMILES string of the molecule is c1ccc(-c2ccccc2N(c2ccc(-c3ccc4ccccc4c3)cc2)c2ccc3c(c2)C2(c4ccccc4-3)C3CC4CC(C3)CC2C4)cc1.c1ccc(-c2ccccc2N(c2ccc(-c3cccc4ccccc34)cc2)c2ccc3c(c2)C2(c4ccccc4-3)C3CC4CC(C3)CC2C4)cc1.c1ccc(-c2ccccc2N(c2ccc3c(c2)C2(c4ccccc4-3)C3CC4CC(C3)CC2C4)c2ccc3sc4ccccc4c3c2)cc1. The molecule has 0 amide bonds. The van der Waals surface area contributed by atoms with Crippen LogP contribution in [0.15, 0.2) is 467 Å². The maximum absolute atomic E-state index is 2.63. The first-order valence-electron chi connectivity index (χ1n) is 55.9. The Kier molecular flexibility index (Phi) is 20.9. The first-order chi connectivity index (χ1) is 74.2. The van der Waals surface area contributed by atoms with E-state index in [4.69, 9.17) is 0 Å². The van der Waals surface area contributed by atoms with Crippen molar-refractivity contribution in [3.63, 3.8) is 0 Å². The van der Waals surface area contributed by atoms with Crippen molar-refractivity contribution in [3.05, 3.63) is 500 Å². The Morgan fingerprint density at radius 1 is 0.160 bits per heavy atom. The molecule has 12 bridgehead atoms. The second-order valence-electron chi connectivity index (χ2n) is 46.5. The third-order valence-corrected chi connectivity index (χ3v) is 40.3. The lowest BCUT2D eigenvalue weighted by atomic mass is 9.43. The number of anilines is 9. The molecule has 3 spiro atoms. The van der Waals surface area contributed by atoms with Crippen LogP contribution in [-0.4, -0.2) is 0 Å². The molecule has 150 heavy (non-hydrogen) atoms. The van der Waals surface area contributed by atoms with E-state index in [2.05, 4.69) is 482 Å². The lowest BCUT2D eigenvalue weighted by Crippen LogP contribution is -2.55. The smallest absolute Gasteiger partial charge is 0.0540 e. The average molecular weight is 1950 g/mol. The summed E-state index contributed by atoms with van der Waals surface area (Å²) in [7, 11) is 0. The molecule has 15 aliphatic rings. The van der Waals surface area contributed by atoms with E-state index in [1.54, 1.807) is 33.4 Å². The summed E-state index contributed by atoms with van der Waals surface area (Å²) in [6.45, 7) is 0. The molecule has 0 saturated heterocycles. The van der Waals surface area contributed by atoms with Crippen LogP contribution in [0.1, 0.15) is 130 Å². The standard InChI is InChI=1S/2C50H41N.C46H37NS/c1-2-11-36(12-3-1)44-16-7-9-20-49(44)51(40-23-21-37(22-24-40)43-18-10-14-35-13-4-5-15-42(35)43)41-25-26-46-45-17-6-8-19-47(45)50(48(46)32-41)38-28-33-27-34(30-38)31-39(50)29-33;1-2-11-37(12-3-1)44-14-7-9-17-49(44)51(42-22-20-36(21-23-42)39-19-18-35-10-4-5-13-38(35)31-39)43-24-25-46-45-15-6-8-16-47(45)50(48(46)32-43)40-27-33-26-34(29-40)30-41(50)28-33;1-2-10-31(11-3-1)36-12-5-8-16-43(36)47(34-19-21-45-40(27-34)39-14-6-9-17-44(39)48-45)35-18-20-38-37-13-4-7-15-41(37)46(42(38)28-35)32-23-29-22-30(25-32)26-33(46)24-29/h1-26,32-34,38-39H,27-31H2;1-25,31-34,40-41H,26-30H2;1-21,27-30,32-33H,22-26H2. The van der Waals surface area contributed by atoms with E-state index in [9.17, 15) is 0 Å². The van der Waals surface area contributed by atoms with Crippen molar-refractivity contribution in [2.24, 2.45) is 71.0 Å². The molecule has 0 N–H and O–H groups in total. The molecule has 4 heteroatoms. The van der Waals surface area contributed by atoms with Gasteiger partial charge in [-0.3, -0.25) is 0 Å². The Bertz CT molecular complexity index is 8800. The molecule has 36 rings (SSSR count). The summed E-state index contributed by atoms with van der Waals surface area (Å²) in [5.41, 5.74) is 42.2. The maximum Gasteiger partial charge on any atom is 0.0540 e. The minimum absolute atomic E-state index is 0.123. The summed E-state index contributed by atoms with van der Waals surface area (Å²) in [6.07, 6.45) is 21.1. The number of hydrogen-bond acceptors (Lipinski definition) is 4. The summed E-state index contributed by atoms with van der Waals surface area (Å²) in [4.78, 5) is 7.61. The van der Waals surface area contributed by atoms with Crippen molar-refractivity contribution in [2.75, 3.05) is 14.7 Å². The van der Waals surface area contributed by atoms with E-state index in [1.807, 2.05) is 11.3 Å². The van der Waals surface area contributed by atoms with Crippen molar-refractivity contribution in [2.45, 2.75) is 113 Å². The van der Waals surface area contributed by atoms with Gasteiger partial charge < -0.3 is 14.7 Å². The van der Waals surface area contributed by atoms with Gasteiger partial charge in [0.2, 0.25) is 0 Å². The number of thiophene rings is 1. The van der Waals surface area contributed by atoms with Crippen LogP contribution in [0, 0.1) is 71.0 Å². The first-order valence-corrected chi connectivity index (χ1v) is 56.7. The maximum atomic E-state index is 2.63. The van der Waals surface area contributed by atoms with Crippen molar-refractivity contribution in [3.8, 4) is 89.0 Å². The monoisotopic (exact) mass is 1950 g/mol. The van der Waals surface area contributed by atoms with Gasteiger partial charge >= 0.3 is 0 Å². The molecule has 21 aromatic rings. The van der Waals surface area contributed by atoms with Gasteiger partial charge in [0, 0.05) is 87.2 Å². The largest absolute Gasteiger partial charge is 0.310 e. The Labute approximate surface area is 885 Å². The third-order valence-electron chi connectivity index (χ3n) is 39.1. The molecule has 0 radical (unpaired) electrons. The fourth-order valence-electron chi connectivity index (χ4n) is 34.0. The van der Waals surface area contributed by atoms with Crippen molar-refractivity contribution in [1.29, 1.82) is 0 Å². The highest BCUT2D eigenvalue weighted by atomic mass is 32.1. The lowest BCUT2D eigenvalue weighted by Gasteiger charge is -2.61. The van der Waals surface area contributed by atoms with Gasteiger partial charge in [0.05, 0.1) is 17.1 Å². The third kappa shape index (κ3) is 13.9. The quantitative estimate of drug-likeness (QED) is 0.107. The predicted octanol–water partition coefficient (Wildman–Crippen LogP) is 39.6. The van der Waals surface area contributed by atoms with Crippen molar-refractivity contribution >= 4 is 104 Å². The van der Waals surface area contributed by atoms with Crippen molar-refractivity contribution in [1.82, 2.24) is 0 Å². The van der Waals surface area contributed by atoms with Gasteiger partial charge in [0.15, 0.2) is 0 Å². The highest BCUT2D eigenvalue weighted by Crippen LogP contribution is 2.74. The molecule has 1 heterocycles. The fraction of sp³-hybridized carbons (Fsp3) is 0.205. The second-order valence-corrected chi connectivity index (χ2v) is 47.5. The zero-order chi connectivity index (χ0) is 98.4. The van der Waals surface area contributed by atoms with Gasteiger partial charge in [-0.25, -0.2) is 0 Å². The normalized spacial score (nSPS) is 24.1. The van der Waals surface area contributed by atoms with Gasteiger partial charge in [-0.05, 0) is 404 Å². The summed E-state index contributed by atoms with van der Waals surface area (Å²) in [6, 6.07) is 176. The molecular formula is C146H119N3S. The highest BCUT2D eigenvalue weighted by Gasteiger charge is 2.65. The summed E-state index contributed by atoms with van der Waals surface area (Å²) < 4.78 is 2.69. The minimum atomic E-state index is 0.123. The Balaban J connectivity index is 0.000000101. The second kappa shape index (κ2) is 35.4. The molecule has 724 valence electrons. The summed E-state index contributed by atoms with van der Waals surface area (Å²) in [5.74, 6) is 9.97. The molecule has 1 aromatic heterocycles. The number of benzene rings is 20. The van der Waals surface area contributed by atoms with E-state index >= 15 is 0 Å². The summed E-state index contributed by atoms with van der Waals surface area (Å²) >= 11 is 1.89. The number of nitrogens with zero attached hydrogens (tertiary/aromatic N) is 3. The number of fused-ring (bicyclic) bond motifs is 14. The van der Waals surface area contributed by atoms with Crippen LogP contribution < -0.4 is 14.7 Å². The molecule has 0 unspecified atom stereocenters. The topological polar surface area (TPSA) is 9.72 Å². The molecule has 3 nitrogen and oxygen atoms in total. The number of rotatable bonds is 14. The zero-order valence-electron chi connectivity index (χ0n) is 84.7. The van der Waals surface area contributed by atoms with Crippen LogP contribution in [0.3, 0.4) is 0 Å². The van der Waals surface area contributed by atoms with Gasteiger partial charge in [0.25, 0.3) is 0 Å². The van der Waals surface area contributed by atoms with Gasteiger partial charge in [-0.2, -0.15) is 0 Å². The van der Waals surface area contributed by atoms with Crippen LogP contribution in [0.4, 0.5) is 51.2 Å². The molecule has 15 aliphatic carbocycles. The number of hydrogen-bond donors (Lipinski definition) is 0. The molecule has 12 fully saturated rings. The Hall–Kier alpha value is -15.5. The van der Waals surface area contributed by atoms with Gasteiger partial charge in [0.1, 0.15) is 0 Å². The lowest BCUT2D eigenvalue weighted by molar-refractivity contribution is -0.0399. The van der Waals surface area contributed by atoms with Crippen LogP contribution in [-0.2, 0) is 16.2 Å². The first kappa shape index (κ1) is 88.6. The Morgan fingerprint density at radius 2 is 0.447 bits per heavy atom. The van der Waals surface area contributed by atoms with Crippen LogP contribution in [0.2, 0.25) is 0 Å². The van der Waals surface area contributed by atoms with Crippen LogP contribution >= 0.6 is 11.3 Å². The van der Waals surface area contributed by atoms with E-state index in [0.29, 0.717) is 0 Å². The fourth-order valence-corrected chi connectivity index (χ4v) is 35.1. The molecule has 12 saturated carbocycles. The zero-order valence-corrected chi connectivity index (χ0v) is 85.6. The van der Waals surface area contributed by atoms with Crippen molar-refractivity contribution < 1.29 is 0 Å². The molecule has 20 aromatic carbocycles. The predicted molar refractivity (Wildman–Crippen MR) is 628 cm³/mol. The summed E-state index contributed by atoms with van der Waals surface area (Å²) in [5, 5.41) is 7.79. The van der Waals surface area contributed by atoms with Crippen LogP contribution in [0.25, 0.3) is 131 Å². The van der Waals surface area contributed by atoms with E-state index in [0.717, 1.165) is 71.0 Å². The Morgan fingerprint density at radius 3 is 0.873 bits per heavy atom. The van der Waals surface area contributed by atoms with E-state index in [1.165, 1.54) is 278 Å². The molecular weight excluding hydrogens is 1830 g/mol. The number of para-hydroxylation sites is 3. The van der Waals surface area contributed by atoms with Gasteiger partial charge in [-0.15, -0.1) is 11.3 Å². The van der Waals surface area contributed by atoms with Gasteiger partial charge in [-0.1, -0.05) is 358 Å².